The summed E-state index contributed by atoms with van der Waals surface area (Å²) in [7, 11) is 0. The first kappa shape index (κ1) is 13.8. The van der Waals surface area contributed by atoms with Gasteiger partial charge in [-0.2, -0.15) is 11.8 Å². The molecule has 2 N–H and O–H groups in total. The second-order valence-corrected chi connectivity index (χ2v) is 5.37. The number of amides is 1. The lowest BCUT2D eigenvalue weighted by molar-refractivity contribution is -0.143. The number of carbonyl (C=O) groups is 2. The van der Waals surface area contributed by atoms with Crippen LogP contribution in [0.4, 0.5) is 8.78 Å². The Morgan fingerprint density at radius 1 is 1.37 bits per heavy atom. The molecule has 102 valence electrons. The van der Waals surface area contributed by atoms with Gasteiger partial charge in [-0.1, -0.05) is 0 Å². The molecule has 0 radical (unpaired) electrons. The molecule has 1 aliphatic heterocycles. The maximum atomic E-state index is 13.4. The van der Waals surface area contributed by atoms with Crippen molar-refractivity contribution < 1.29 is 23.5 Å². The number of rotatable bonds is 3. The molecule has 1 fully saturated rings. The van der Waals surface area contributed by atoms with Gasteiger partial charge in [0.05, 0.1) is 5.56 Å². The van der Waals surface area contributed by atoms with Crippen LogP contribution in [0.1, 0.15) is 16.8 Å². The summed E-state index contributed by atoms with van der Waals surface area (Å²) >= 11 is 1.39. The van der Waals surface area contributed by atoms with Gasteiger partial charge in [0, 0.05) is 5.75 Å². The summed E-state index contributed by atoms with van der Waals surface area (Å²) in [4.78, 5) is 23.1. The van der Waals surface area contributed by atoms with Crippen molar-refractivity contribution in [1.82, 2.24) is 5.32 Å². The van der Waals surface area contributed by atoms with Gasteiger partial charge in [0.25, 0.3) is 5.91 Å². The predicted molar refractivity (Wildman–Crippen MR) is 66.1 cm³/mol. The number of benzene rings is 1. The molecule has 0 saturated carbocycles. The van der Waals surface area contributed by atoms with Crippen LogP contribution in [-0.2, 0) is 4.79 Å². The Balaban J connectivity index is 2.25. The molecule has 0 spiro atoms. The molecule has 1 aromatic rings. The summed E-state index contributed by atoms with van der Waals surface area (Å²) in [6.45, 7) is 0. The Morgan fingerprint density at radius 3 is 2.68 bits per heavy atom. The molecule has 0 aromatic heterocycles. The molecule has 1 heterocycles. The molecule has 1 saturated heterocycles. The normalized spacial score (nSPS) is 22.2. The first-order valence-electron chi connectivity index (χ1n) is 5.53. The predicted octanol–water partition coefficient (Wildman–Crippen LogP) is 1.65. The molecule has 0 bridgehead atoms. The number of carboxylic acid groups (broad SMARTS) is 1. The van der Waals surface area contributed by atoms with E-state index in [2.05, 4.69) is 5.32 Å². The average molecular weight is 287 g/mol. The SMILES string of the molecule is O=C(N[C@]1(C(=O)O)CCSC1)c1cc(F)ccc1F. The number of thioether (sulfide) groups is 1. The van der Waals surface area contributed by atoms with Crippen LogP contribution in [-0.4, -0.2) is 34.0 Å². The highest BCUT2D eigenvalue weighted by molar-refractivity contribution is 7.99. The second-order valence-electron chi connectivity index (χ2n) is 4.27. The first-order chi connectivity index (χ1) is 8.94. The number of hydrogen-bond donors (Lipinski definition) is 2. The molecule has 4 nitrogen and oxygen atoms in total. The minimum absolute atomic E-state index is 0.213. The number of carbonyl (C=O) groups excluding carboxylic acids is 1. The van der Waals surface area contributed by atoms with Crippen molar-refractivity contribution in [2.24, 2.45) is 0 Å². The monoisotopic (exact) mass is 287 g/mol. The van der Waals surface area contributed by atoms with Crippen molar-refractivity contribution in [3.63, 3.8) is 0 Å². The summed E-state index contributed by atoms with van der Waals surface area (Å²) in [5.74, 6) is -2.91. The quantitative estimate of drug-likeness (QED) is 0.887. The number of aliphatic carboxylic acids is 1. The topological polar surface area (TPSA) is 66.4 Å². The third kappa shape index (κ3) is 2.70. The number of halogens is 2. The van der Waals surface area contributed by atoms with E-state index in [9.17, 15) is 23.5 Å². The molecule has 1 amide bonds. The van der Waals surface area contributed by atoms with Crippen LogP contribution in [0.15, 0.2) is 18.2 Å². The Bertz CT molecular complexity index is 530. The van der Waals surface area contributed by atoms with E-state index in [0.29, 0.717) is 5.75 Å². The van der Waals surface area contributed by atoms with Gasteiger partial charge in [-0.15, -0.1) is 0 Å². The molecule has 1 aromatic carbocycles. The highest BCUT2D eigenvalue weighted by atomic mass is 32.2. The molecule has 1 aliphatic rings. The summed E-state index contributed by atoms with van der Waals surface area (Å²) in [5, 5.41) is 11.5. The lowest BCUT2D eigenvalue weighted by atomic mass is 9.98. The fourth-order valence-electron chi connectivity index (χ4n) is 1.84. The second kappa shape index (κ2) is 5.16. The Morgan fingerprint density at radius 2 is 2.11 bits per heavy atom. The Hall–Kier alpha value is -1.63. The van der Waals surface area contributed by atoms with Crippen molar-refractivity contribution in [3.05, 3.63) is 35.4 Å². The van der Waals surface area contributed by atoms with Crippen LogP contribution in [0.3, 0.4) is 0 Å². The van der Waals surface area contributed by atoms with E-state index in [1.807, 2.05) is 0 Å². The lowest BCUT2D eigenvalue weighted by Gasteiger charge is -2.24. The number of carboxylic acids is 1. The largest absolute Gasteiger partial charge is 0.479 e. The van der Waals surface area contributed by atoms with Gasteiger partial charge in [-0.25, -0.2) is 13.6 Å². The van der Waals surface area contributed by atoms with Crippen molar-refractivity contribution >= 4 is 23.6 Å². The molecule has 7 heteroatoms. The van der Waals surface area contributed by atoms with E-state index < -0.39 is 34.6 Å². The molecule has 0 aliphatic carbocycles. The van der Waals surface area contributed by atoms with Crippen molar-refractivity contribution in [2.45, 2.75) is 12.0 Å². The third-order valence-electron chi connectivity index (χ3n) is 2.96. The van der Waals surface area contributed by atoms with Gasteiger partial charge in [0.1, 0.15) is 17.2 Å². The minimum Gasteiger partial charge on any atom is -0.479 e. The molecule has 0 unspecified atom stereocenters. The molecule has 19 heavy (non-hydrogen) atoms. The van der Waals surface area contributed by atoms with Gasteiger partial charge in [0.2, 0.25) is 0 Å². The summed E-state index contributed by atoms with van der Waals surface area (Å²) in [6, 6.07) is 2.48. The minimum atomic E-state index is -1.40. The highest BCUT2D eigenvalue weighted by Gasteiger charge is 2.43. The van der Waals surface area contributed by atoms with Gasteiger partial charge in [-0.05, 0) is 30.4 Å². The number of nitrogens with one attached hydrogen (secondary N) is 1. The van der Waals surface area contributed by atoms with E-state index in [1.54, 1.807) is 0 Å². The van der Waals surface area contributed by atoms with E-state index in [-0.39, 0.29) is 12.2 Å². The van der Waals surface area contributed by atoms with Crippen molar-refractivity contribution in [2.75, 3.05) is 11.5 Å². The maximum Gasteiger partial charge on any atom is 0.330 e. The van der Waals surface area contributed by atoms with Crippen molar-refractivity contribution in [3.8, 4) is 0 Å². The fourth-order valence-corrected chi connectivity index (χ4v) is 3.17. The zero-order valence-electron chi connectivity index (χ0n) is 9.78. The van der Waals surface area contributed by atoms with Crippen molar-refractivity contribution in [1.29, 1.82) is 0 Å². The summed E-state index contributed by atoms with van der Waals surface area (Å²) < 4.78 is 26.4. The van der Waals surface area contributed by atoms with Crippen LogP contribution >= 0.6 is 11.8 Å². The van der Waals surface area contributed by atoms with Crippen LogP contribution in [0, 0.1) is 11.6 Å². The van der Waals surface area contributed by atoms with E-state index >= 15 is 0 Å². The van der Waals surface area contributed by atoms with Gasteiger partial charge in [-0.3, -0.25) is 4.79 Å². The number of hydrogen-bond acceptors (Lipinski definition) is 3. The Kier molecular flexibility index (Phi) is 3.75. The maximum absolute atomic E-state index is 13.4. The highest BCUT2D eigenvalue weighted by Crippen LogP contribution is 2.28. The molecule has 2 rings (SSSR count). The van der Waals surface area contributed by atoms with Gasteiger partial charge < -0.3 is 10.4 Å². The molecular formula is C12H11F2NO3S. The Labute approximate surface area is 112 Å². The van der Waals surface area contributed by atoms with Crippen LogP contribution < -0.4 is 5.32 Å². The van der Waals surface area contributed by atoms with Crippen LogP contribution in [0.5, 0.6) is 0 Å². The zero-order chi connectivity index (χ0) is 14.0. The standard InChI is InChI=1S/C12H11F2NO3S/c13-7-1-2-9(14)8(5-7)10(16)15-12(11(17)18)3-4-19-6-12/h1-2,5H,3-4,6H2,(H,15,16)(H,17,18)/t12-/m1/s1. The van der Waals surface area contributed by atoms with Gasteiger partial charge >= 0.3 is 5.97 Å². The van der Waals surface area contributed by atoms with Crippen LogP contribution in [0.25, 0.3) is 0 Å². The first-order valence-corrected chi connectivity index (χ1v) is 6.69. The van der Waals surface area contributed by atoms with E-state index in [1.165, 1.54) is 11.8 Å². The summed E-state index contributed by atoms with van der Waals surface area (Å²) in [6.07, 6.45) is 0.260. The molecule has 1 atom stereocenters. The molecular weight excluding hydrogens is 276 g/mol. The zero-order valence-corrected chi connectivity index (χ0v) is 10.6. The van der Waals surface area contributed by atoms with E-state index in [4.69, 9.17) is 0 Å². The third-order valence-corrected chi connectivity index (χ3v) is 4.15. The summed E-state index contributed by atoms with van der Waals surface area (Å²) in [5.41, 5.74) is -1.89. The van der Waals surface area contributed by atoms with E-state index in [0.717, 1.165) is 18.2 Å². The average Bonchev–Trinajstić information content (AvgIpc) is 2.82. The van der Waals surface area contributed by atoms with Crippen LogP contribution in [0.2, 0.25) is 0 Å². The lowest BCUT2D eigenvalue weighted by Crippen LogP contribution is -2.54. The van der Waals surface area contributed by atoms with Gasteiger partial charge in [0.15, 0.2) is 0 Å². The fraction of sp³-hybridized carbons (Fsp3) is 0.333. The smallest absolute Gasteiger partial charge is 0.330 e.